The van der Waals surface area contributed by atoms with Crippen molar-refractivity contribution in [1.29, 1.82) is 0 Å². The standard InChI is InChI=1S/C14H15NO/c1-10-7-14(16,8-10)12-6-11-4-2-3-5-13(11)15-9-12/h2-6,9-10,16H,7-8H2,1H3. The normalized spacial score (nSPS) is 29.0. The van der Waals surface area contributed by atoms with Gasteiger partial charge in [0.15, 0.2) is 0 Å². The predicted molar refractivity (Wildman–Crippen MR) is 64.0 cm³/mol. The van der Waals surface area contributed by atoms with Gasteiger partial charge in [-0.05, 0) is 30.9 Å². The zero-order valence-electron chi connectivity index (χ0n) is 9.35. The summed E-state index contributed by atoms with van der Waals surface area (Å²) in [4.78, 5) is 4.39. The molecule has 0 radical (unpaired) electrons. The van der Waals surface area contributed by atoms with Gasteiger partial charge in [0, 0.05) is 17.1 Å². The molecule has 0 saturated heterocycles. The summed E-state index contributed by atoms with van der Waals surface area (Å²) in [5, 5.41) is 11.5. The van der Waals surface area contributed by atoms with Crippen LogP contribution < -0.4 is 0 Å². The van der Waals surface area contributed by atoms with E-state index in [1.165, 1.54) is 0 Å². The fourth-order valence-electron chi connectivity index (χ4n) is 2.65. The van der Waals surface area contributed by atoms with Crippen LogP contribution in [-0.2, 0) is 5.60 Å². The molecule has 1 aromatic heterocycles. The zero-order valence-corrected chi connectivity index (χ0v) is 9.35. The Balaban J connectivity index is 2.06. The molecular formula is C14H15NO. The quantitative estimate of drug-likeness (QED) is 0.790. The smallest absolute Gasteiger partial charge is 0.0916 e. The van der Waals surface area contributed by atoms with Crippen LogP contribution in [-0.4, -0.2) is 10.1 Å². The van der Waals surface area contributed by atoms with Crippen molar-refractivity contribution in [2.45, 2.75) is 25.4 Å². The monoisotopic (exact) mass is 213 g/mol. The maximum absolute atomic E-state index is 10.4. The molecule has 0 aliphatic heterocycles. The first-order chi connectivity index (χ1) is 7.67. The van der Waals surface area contributed by atoms with Gasteiger partial charge in [0.25, 0.3) is 0 Å². The van der Waals surface area contributed by atoms with E-state index in [4.69, 9.17) is 0 Å². The molecule has 0 atom stereocenters. The molecule has 0 amide bonds. The third-order valence-corrected chi connectivity index (χ3v) is 3.50. The summed E-state index contributed by atoms with van der Waals surface area (Å²) in [6.07, 6.45) is 3.52. The molecule has 2 aromatic rings. The summed E-state index contributed by atoms with van der Waals surface area (Å²) in [5.74, 6) is 0.622. The molecule has 82 valence electrons. The Morgan fingerprint density at radius 2 is 2.06 bits per heavy atom. The van der Waals surface area contributed by atoms with Crippen molar-refractivity contribution in [3.8, 4) is 0 Å². The molecule has 1 N–H and O–H groups in total. The van der Waals surface area contributed by atoms with E-state index < -0.39 is 5.60 Å². The molecule has 0 spiro atoms. The molecule has 1 fully saturated rings. The Bertz CT molecular complexity index is 529. The molecule has 1 aliphatic carbocycles. The SMILES string of the molecule is CC1CC(O)(c2cnc3ccccc3c2)C1. The number of benzene rings is 1. The molecule has 0 bridgehead atoms. The number of aromatic nitrogens is 1. The van der Waals surface area contributed by atoms with Gasteiger partial charge < -0.3 is 5.11 Å². The van der Waals surface area contributed by atoms with Crippen LogP contribution in [0.25, 0.3) is 10.9 Å². The second kappa shape index (κ2) is 3.29. The summed E-state index contributed by atoms with van der Waals surface area (Å²) in [6.45, 7) is 2.17. The number of rotatable bonds is 1. The highest BCUT2D eigenvalue weighted by molar-refractivity contribution is 5.78. The Hall–Kier alpha value is -1.41. The van der Waals surface area contributed by atoms with E-state index in [0.29, 0.717) is 5.92 Å². The van der Waals surface area contributed by atoms with Crippen LogP contribution in [0, 0.1) is 5.92 Å². The van der Waals surface area contributed by atoms with Crippen LogP contribution in [0.5, 0.6) is 0 Å². The maximum Gasteiger partial charge on any atom is 0.0916 e. The minimum atomic E-state index is -0.629. The van der Waals surface area contributed by atoms with Crippen molar-refractivity contribution in [2.75, 3.05) is 0 Å². The van der Waals surface area contributed by atoms with E-state index in [0.717, 1.165) is 29.3 Å². The molecule has 3 rings (SSSR count). The van der Waals surface area contributed by atoms with Gasteiger partial charge in [-0.1, -0.05) is 25.1 Å². The molecule has 16 heavy (non-hydrogen) atoms. The van der Waals surface area contributed by atoms with Crippen LogP contribution in [0.3, 0.4) is 0 Å². The fraction of sp³-hybridized carbons (Fsp3) is 0.357. The van der Waals surface area contributed by atoms with E-state index in [1.807, 2.05) is 30.5 Å². The minimum absolute atomic E-state index is 0.622. The topological polar surface area (TPSA) is 33.1 Å². The van der Waals surface area contributed by atoms with E-state index >= 15 is 0 Å². The first kappa shape index (κ1) is 9.79. The van der Waals surface area contributed by atoms with Gasteiger partial charge >= 0.3 is 0 Å². The van der Waals surface area contributed by atoms with Crippen molar-refractivity contribution in [2.24, 2.45) is 5.92 Å². The Kier molecular flexibility index (Phi) is 2.01. The van der Waals surface area contributed by atoms with E-state index in [1.54, 1.807) is 0 Å². The van der Waals surface area contributed by atoms with Gasteiger partial charge in [-0.3, -0.25) is 4.98 Å². The van der Waals surface area contributed by atoms with Crippen LogP contribution in [0.15, 0.2) is 36.5 Å². The van der Waals surface area contributed by atoms with Gasteiger partial charge in [0.2, 0.25) is 0 Å². The number of fused-ring (bicyclic) bond motifs is 1. The predicted octanol–water partition coefficient (Wildman–Crippen LogP) is 2.85. The Labute approximate surface area is 94.9 Å². The first-order valence-electron chi connectivity index (χ1n) is 5.75. The van der Waals surface area contributed by atoms with Crippen molar-refractivity contribution >= 4 is 10.9 Å². The minimum Gasteiger partial charge on any atom is -0.385 e. The second-order valence-electron chi connectivity index (χ2n) is 4.96. The Morgan fingerprint density at radius 1 is 1.31 bits per heavy atom. The van der Waals surface area contributed by atoms with Gasteiger partial charge in [0.05, 0.1) is 11.1 Å². The summed E-state index contributed by atoms with van der Waals surface area (Å²) in [6, 6.07) is 10.1. The summed E-state index contributed by atoms with van der Waals surface area (Å²) >= 11 is 0. The van der Waals surface area contributed by atoms with Crippen LogP contribution in [0.4, 0.5) is 0 Å². The highest BCUT2D eigenvalue weighted by Crippen LogP contribution is 2.45. The molecule has 1 saturated carbocycles. The third-order valence-electron chi connectivity index (χ3n) is 3.50. The van der Waals surface area contributed by atoms with E-state index in [2.05, 4.69) is 18.0 Å². The molecule has 1 aromatic carbocycles. The lowest BCUT2D eigenvalue weighted by Crippen LogP contribution is -2.39. The lowest BCUT2D eigenvalue weighted by Gasteiger charge is -2.42. The van der Waals surface area contributed by atoms with Crippen molar-refractivity contribution in [1.82, 2.24) is 4.98 Å². The highest BCUT2D eigenvalue weighted by atomic mass is 16.3. The molecule has 0 unspecified atom stereocenters. The maximum atomic E-state index is 10.4. The highest BCUT2D eigenvalue weighted by Gasteiger charge is 2.41. The number of para-hydroxylation sites is 1. The molecule has 1 heterocycles. The Morgan fingerprint density at radius 3 is 2.81 bits per heavy atom. The van der Waals surface area contributed by atoms with E-state index in [-0.39, 0.29) is 0 Å². The van der Waals surface area contributed by atoms with Gasteiger partial charge in [-0.15, -0.1) is 0 Å². The number of pyridine rings is 1. The van der Waals surface area contributed by atoms with Gasteiger partial charge in [-0.25, -0.2) is 0 Å². The molecule has 1 aliphatic rings. The summed E-state index contributed by atoms with van der Waals surface area (Å²) in [5.41, 5.74) is 1.32. The summed E-state index contributed by atoms with van der Waals surface area (Å²) in [7, 11) is 0. The van der Waals surface area contributed by atoms with Crippen molar-refractivity contribution in [3.05, 3.63) is 42.1 Å². The summed E-state index contributed by atoms with van der Waals surface area (Å²) < 4.78 is 0. The zero-order chi connectivity index (χ0) is 11.2. The average Bonchev–Trinajstić information content (AvgIpc) is 2.26. The lowest BCUT2D eigenvalue weighted by atomic mass is 9.68. The first-order valence-corrected chi connectivity index (χ1v) is 5.75. The number of nitrogens with zero attached hydrogens (tertiary/aromatic N) is 1. The van der Waals surface area contributed by atoms with Crippen LogP contribution in [0.1, 0.15) is 25.3 Å². The van der Waals surface area contributed by atoms with Crippen LogP contribution in [0.2, 0.25) is 0 Å². The average molecular weight is 213 g/mol. The molecule has 2 heteroatoms. The van der Waals surface area contributed by atoms with Crippen molar-refractivity contribution in [3.63, 3.8) is 0 Å². The second-order valence-corrected chi connectivity index (χ2v) is 4.96. The number of aliphatic hydroxyl groups is 1. The number of hydrogen-bond donors (Lipinski definition) is 1. The molecule has 2 nitrogen and oxygen atoms in total. The van der Waals surface area contributed by atoms with Gasteiger partial charge in [0.1, 0.15) is 0 Å². The van der Waals surface area contributed by atoms with Gasteiger partial charge in [-0.2, -0.15) is 0 Å². The fourth-order valence-corrected chi connectivity index (χ4v) is 2.65. The number of hydrogen-bond acceptors (Lipinski definition) is 2. The van der Waals surface area contributed by atoms with Crippen molar-refractivity contribution < 1.29 is 5.11 Å². The largest absolute Gasteiger partial charge is 0.385 e. The lowest BCUT2D eigenvalue weighted by molar-refractivity contribution is -0.0739. The van der Waals surface area contributed by atoms with Crippen LogP contribution >= 0.6 is 0 Å². The van der Waals surface area contributed by atoms with E-state index in [9.17, 15) is 5.11 Å². The third kappa shape index (κ3) is 1.41. The molecular weight excluding hydrogens is 198 g/mol.